The van der Waals surface area contributed by atoms with Crippen LogP contribution < -0.4 is 10.2 Å². The smallest absolute Gasteiger partial charge is 0.368 e. The van der Waals surface area contributed by atoms with Crippen LogP contribution in [0.2, 0.25) is 0 Å². The molecular formula is C25H29N2O4+. The van der Waals surface area contributed by atoms with Gasteiger partial charge in [-0.1, -0.05) is 54.4 Å². The molecule has 2 aliphatic heterocycles. The number of fused-ring (bicyclic) bond motifs is 1. The Morgan fingerprint density at radius 3 is 2.13 bits per heavy atom. The van der Waals surface area contributed by atoms with E-state index in [-0.39, 0.29) is 17.9 Å². The van der Waals surface area contributed by atoms with Crippen molar-refractivity contribution >= 4 is 23.5 Å². The number of methoxy groups -OCH3 is 1. The molecular weight excluding hydrogens is 392 g/mol. The number of quaternary nitrogens is 1. The molecule has 2 N–H and O–H groups in total. The van der Waals surface area contributed by atoms with Crippen molar-refractivity contribution in [2.45, 2.75) is 45.2 Å². The van der Waals surface area contributed by atoms with Crippen LogP contribution >= 0.6 is 0 Å². The number of benzene rings is 2. The molecule has 0 saturated carbocycles. The second-order valence-corrected chi connectivity index (χ2v) is 8.74. The zero-order chi connectivity index (χ0) is 22.3. The van der Waals surface area contributed by atoms with Crippen LogP contribution in [0.1, 0.15) is 42.5 Å². The Hall–Kier alpha value is -2.99. The number of nitrogens with zero attached hydrogens (tertiary/aromatic N) is 1. The fourth-order valence-electron chi connectivity index (χ4n) is 5.30. The Bertz CT molecular complexity index is 1010. The van der Waals surface area contributed by atoms with Gasteiger partial charge in [-0.2, -0.15) is 0 Å². The van der Waals surface area contributed by atoms with Crippen molar-refractivity contribution in [1.82, 2.24) is 0 Å². The zero-order valence-corrected chi connectivity index (χ0v) is 18.4. The first-order valence-corrected chi connectivity index (χ1v) is 10.8. The number of rotatable bonds is 5. The summed E-state index contributed by atoms with van der Waals surface area (Å²) in [6, 6.07) is 15.0. The molecule has 0 aliphatic carbocycles. The number of hydrogen-bond acceptors (Lipinski definition) is 4. The Morgan fingerprint density at radius 2 is 1.58 bits per heavy atom. The molecule has 4 atom stereocenters. The summed E-state index contributed by atoms with van der Waals surface area (Å²) in [6.07, 6.45) is 1.16. The van der Waals surface area contributed by atoms with Crippen molar-refractivity contribution in [2.75, 3.05) is 12.0 Å². The van der Waals surface area contributed by atoms with Gasteiger partial charge >= 0.3 is 5.97 Å². The van der Waals surface area contributed by atoms with Crippen molar-refractivity contribution in [1.29, 1.82) is 0 Å². The van der Waals surface area contributed by atoms with Gasteiger partial charge in [0.1, 0.15) is 17.9 Å². The summed E-state index contributed by atoms with van der Waals surface area (Å²) in [5.41, 5.74) is 2.53. The first-order chi connectivity index (χ1) is 14.8. The standard InChI is InChI=1S/C25H28N2O4/c1-5-14-25(24(30)31-4)20-19(21(26-25)17-10-6-15(2)7-11-17)22(28)27(23(20)29)18-12-8-16(3)9-13-18/h6-13,19-21,26H,5,14H2,1-4H3/p+1/t19-,20+,21-,25-/m0/s1. The highest BCUT2D eigenvalue weighted by atomic mass is 16.5. The van der Waals surface area contributed by atoms with Crippen LogP contribution in [0.4, 0.5) is 5.69 Å². The van der Waals surface area contributed by atoms with Crippen LogP contribution in [0.15, 0.2) is 48.5 Å². The van der Waals surface area contributed by atoms with Crippen molar-refractivity contribution in [3.8, 4) is 0 Å². The topological polar surface area (TPSA) is 80.3 Å². The molecule has 2 aliphatic rings. The van der Waals surface area contributed by atoms with Crippen molar-refractivity contribution < 1.29 is 24.4 Å². The van der Waals surface area contributed by atoms with E-state index in [2.05, 4.69) is 0 Å². The van der Waals surface area contributed by atoms with Gasteiger partial charge in [-0.25, -0.2) is 9.69 Å². The number of esters is 1. The predicted molar refractivity (Wildman–Crippen MR) is 116 cm³/mol. The monoisotopic (exact) mass is 421 g/mol. The van der Waals surface area contributed by atoms with Crippen LogP contribution in [-0.2, 0) is 19.1 Å². The number of ether oxygens (including phenoxy) is 1. The second-order valence-electron chi connectivity index (χ2n) is 8.74. The Kier molecular flexibility index (Phi) is 5.43. The molecule has 6 nitrogen and oxygen atoms in total. The fourth-order valence-corrected chi connectivity index (χ4v) is 5.30. The van der Waals surface area contributed by atoms with E-state index in [1.807, 2.05) is 62.5 Å². The summed E-state index contributed by atoms with van der Waals surface area (Å²) < 4.78 is 5.19. The number of nitrogens with two attached hydrogens (primary N) is 1. The van der Waals surface area contributed by atoms with E-state index in [0.717, 1.165) is 16.7 Å². The van der Waals surface area contributed by atoms with E-state index < -0.39 is 23.3 Å². The number of imide groups is 1. The first kappa shape index (κ1) is 21.2. The molecule has 162 valence electrons. The summed E-state index contributed by atoms with van der Waals surface area (Å²) in [7, 11) is 1.35. The average Bonchev–Trinajstić information content (AvgIpc) is 3.24. The lowest BCUT2D eigenvalue weighted by Crippen LogP contribution is -2.98. The van der Waals surface area contributed by atoms with Gasteiger partial charge in [0.15, 0.2) is 0 Å². The maximum atomic E-state index is 13.7. The Morgan fingerprint density at radius 1 is 1.00 bits per heavy atom. The average molecular weight is 422 g/mol. The number of anilines is 1. The number of amides is 2. The third kappa shape index (κ3) is 3.26. The van der Waals surface area contributed by atoms with Gasteiger partial charge in [0.05, 0.1) is 12.8 Å². The van der Waals surface area contributed by atoms with Gasteiger partial charge in [0.2, 0.25) is 17.4 Å². The molecule has 31 heavy (non-hydrogen) atoms. The normalized spacial score (nSPS) is 27.5. The van der Waals surface area contributed by atoms with Gasteiger partial charge < -0.3 is 10.1 Å². The van der Waals surface area contributed by atoms with Crippen LogP contribution in [-0.4, -0.2) is 30.4 Å². The molecule has 0 unspecified atom stereocenters. The van der Waals surface area contributed by atoms with Crippen LogP contribution in [0.3, 0.4) is 0 Å². The lowest BCUT2D eigenvalue weighted by atomic mass is 9.77. The van der Waals surface area contributed by atoms with Crippen molar-refractivity contribution in [3.05, 3.63) is 65.2 Å². The van der Waals surface area contributed by atoms with E-state index in [1.165, 1.54) is 12.0 Å². The quantitative estimate of drug-likeness (QED) is 0.594. The van der Waals surface area contributed by atoms with Gasteiger partial charge in [0, 0.05) is 12.0 Å². The van der Waals surface area contributed by atoms with E-state index >= 15 is 0 Å². The van der Waals surface area contributed by atoms with E-state index in [4.69, 9.17) is 4.74 Å². The minimum Gasteiger partial charge on any atom is -0.464 e. The molecule has 6 heteroatoms. The molecule has 4 rings (SSSR count). The predicted octanol–water partition coefficient (Wildman–Crippen LogP) is 2.44. The lowest BCUT2D eigenvalue weighted by Gasteiger charge is -2.29. The summed E-state index contributed by atoms with van der Waals surface area (Å²) >= 11 is 0. The summed E-state index contributed by atoms with van der Waals surface area (Å²) in [4.78, 5) is 41.7. The molecule has 2 heterocycles. The molecule has 0 aromatic heterocycles. The third-order valence-corrected chi connectivity index (χ3v) is 6.75. The molecule has 0 radical (unpaired) electrons. The highest BCUT2D eigenvalue weighted by Crippen LogP contribution is 2.47. The van der Waals surface area contributed by atoms with Crippen molar-refractivity contribution in [2.24, 2.45) is 11.8 Å². The number of carbonyl (C=O) groups excluding carboxylic acids is 3. The maximum Gasteiger partial charge on any atom is 0.368 e. The SMILES string of the molecule is CCC[C@]1(C(=O)OC)[NH2+][C@@H](c2ccc(C)cc2)[C@H]2C(=O)N(c3ccc(C)cc3)C(=O)[C@@H]21. The minimum absolute atomic E-state index is 0.248. The minimum atomic E-state index is -1.12. The number of hydrogen-bond donors (Lipinski definition) is 1. The highest BCUT2D eigenvalue weighted by molar-refractivity contribution is 6.23. The largest absolute Gasteiger partial charge is 0.464 e. The highest BCUT2D eigenvalue weighted by Gasteiger charge is 2.72. The zero-order valence-electron chi connectivity index (χ0n) is 18.4. The van der Waals surface area contributed by atoms with Crippen LogP contribution in [0.25, 0.3) is 0 Å². The molecule has 2 saturated heterocycles. The fraction of sp³-hybridized carbons (Fsp3) is 0.400. The molecule has 2 amide bonds. The van der Waals surface area contributed by atoms with Gasteiger partial charge in [-0.3, -0.25) is 9.59 Å². The first-order valence-electron chi connectivity index (χ1n) is 10.8. The number of carbonyl (C=O) groups is 3. The van der Waals surface area contributed by atoms with E-state index in [1.54, 1.807) is 12.1 Å². The van der Waals surface area contributed by atoms with Crippen LogP contribution in [0.5, 0.6) is 0 Å². The third-order valence-electron chi connectivity index (χ3n) is 6.75. The van der Waals surface area contributed by atoms with E-state index in [9.17, 15) is 14.4 Å². The summed E-state index contributed by atoms with van der Waals surface area (Å²) in [5, 5.41) is 1.92. The lowest BCUT2D eigenvalue weighted by molar-refractivity contribution is -0.734. The van der Waals surface area contributed by atoms with Crippen LogP contribution in [0, 0.1) is 25.7 Å². The molecule has 0 spiro atoms. The van der Waals surface area contributed by atoms with Gasteiger partial charge in [0.25, 0.3) is 0 Å². The number of aryl methyl sites for hydroxylation is 2. The Balaban J connectivity index is 1.85. The molecule has 2 fully saturated rings. The second kappa shape index (κ2) is 7.93. The maximum absolute atomic E-state index is 13.7. The van der Waals surface area contributed by atoms with Gasteiger partial charge in [-0.05, 0) is 32.4 Å². The molecule has 0 bridgehead atoms. The van der Waals surface area contributed by atoms with Crippen molar-refractivity contribution in [3.63, 3.8) is 0 Å². The molecule has 2 aromatic rings. The van der Waals surface area contributed by atoms with E-state index in [0.29, 0.717) is 18.5 Å². The van der Waals surface area contributed by atoms with Gasteiger partial charge in [-0.15, -0.1) is 0 Å². The summed E-state index contributed by atoms with van der Waals surface area (Å²) in [5.74, 6) is -2.39. The summed E-state index contributed by atoms with van der Waals surface area (Å²) in [6.45, 7) is 5.94. The Labute approximate surface area is 182 Å². The molecule has 2 aromatic carbocycles.